The lowest BCUT2D eigenvalue weighted by Crippen LogP contribution is -2.32. The Morgan fingerprint density at radius 3 is 2.52 bits per heavy atom. The lowest BCUT2D eigenvalue weighted by molar-refractivity contribution is 0.102. The number of anilines is 1. The van der Waals surface area contributed by atoms with E-state index in [9.17, 15) is 4.79 Å². The van der Waals surface area contributed by atoms with Gasteiger partial charge in [0.05, 0.1) is 0 Å². The van der Waals surface area contributed by atoms with Crippen molar-refractivity contribution < 1.29 is 4.79 Å². The van der Waals surface area contributed by atoms with Gasteiger partial charge in [-0.25, -0.2) is 0 Å². The highest BCUT2D eigenvalue weighted by Gasteiger charge is 2.17. The van der Waals surface area contributed by atoms with Gasteiger partial charge in [-0.1, -0.05) is 53.4 Å². The third-order valence-corrected chi connectivity index (χ3v) is 5.42. The van der Waals surface area contributed by atoms with E-state index in [0.717, 1.165) is 16.7 Å². The first kappa shape index (κ1) is 18.2. The molecule has 0 aliphatic heterocycles. The zero-order chi connectivity index (χ0) is 17.6. The Balaban J connectivity index is 1.57. The van der Waals surface area contributed by atoms with E-state index < -0.39 is 0 Å². The number of hydrogen-bond donors (Lipinski definition) is 1. The van der Waals surface area contributed by atoms with Crippen LogP contribution in [0.4, 0.5) is 5.69 Å². The number of nitrogens with zero attached hydrogens (tertiary/aromatic N) is 1. The first-order valence-corrected chi connectivity index (χ1v) is 9.77. The monoisotopic (exact) mass is 400 g/mol. The Labute approximate surface area is 158 Å². The number of hydrogen-bond acceptors (Lipinski definition) is 2. The normalized spacial score (nSPS) is 15.3. The standard InChI is InChI=1S/C21H25BrN2O/c1-24(20-8-3-2-4-9-20)15-16-10-12-19(13-11-16)23-21(25)17-6-5-7-18(22)14-17/h5-7,10-14,20H,2-4,8-9,15H2,1H3,(H,23,25). The van der Waals surface area contributed by atoms with Gasteiger partial charge in [0.15, 0.2) is 0 Å². The Bertz CT molecular complexity index is 708. The van der Waals surface area contributed by atoms with Crippen LogP contribution in [0.25, 0.3) is 0 Å². The zero-order valence-electron chi connectivity index (χ0n) is 14.7. The molecule has 1 amide bonds. The van der Waals surface area contributed by atoms with Crippen molar-refractivity contribution in [3.05, 3.63) is 64.1 Å². The van der Waals surface area contributed by atoms with E-state index >= 15 is 0 Å². The average molecular weight is 401 g/mol. The predicted molar refractivity (Wildman–Crippen MR) is 107 cm³/mol. The van der Waals surface area contributed by atoms with E-state index in [1.54, 1.807) is 0 Å². The van der Waals surface area contributed by atoms with Gasteiger partial charge >= 0.3 is 0 Å². The molecule has 3 nitrogen and oxygen atoms in total. The number of carbonyl (C=O) groups is 1. The molecule has 1 fully saturated rings. The van der Waals surface area contributed by atoms with Crippen LogP contribution in [0.15, 0.2) is 53.0 Å². The molecule has 0 atom stereocenters. The van der Waals surface area contributed by atoms with Crippen LogP contribution in [0.2, 0.25) is 0 Å². The highest BCUT2D eigenvalue weighted by molar-refractivity contribution is 9.10. The second kappa shape index (κ2) is 8.63. The second-order valence-electron chi connectivity index (χ2n) is 6.87. The Morgan fingerprint density at radius 2 is 1.84 bits per heavy atom. The van der Waals surface area contributed by atoms with Crippen molar-refractivity contribution in [3.8, 4) is 0 Å². The van der Waals surface area contributed by atoms with Gasteiger partial charge in [0.2, 0.25) is 0 Å². The van der Waals surface area contributed by atoms with Crippen molar-refractivity contribution in [2.24, 2.45) is 0 Å². The molecular weight excluding hydrogens is 376 g/mol. The molecule has 1 N–H and O–H groups in total. The fourth-order valence-corrected chi connectivity index (χ4v) is 3.86. The summed E-state index contributed by atoms with van der Waals surface area (Å²) >= 11 is 3.40. The van der Waals surface area contributed by atoms with Gasteiger partial charge in [0.1, 0.15) is 0 Å². The summed E-state index contributed by atoms with van der Waals surface area (Å²) in [4.78, 5) is 14.8. The number of carbonyl (C=O) groups excluding carboxylic acids is 1. The predicted octanol–water partition coefficient (Wildman–Crippen LogP) is 5.47. The van der Waals surface area contributed by atoms with Gasteiger partial charge in [-0.3, -0.25) is 9.69 Å². The fourth-order valence-electron chi connectivity index (χ4n) is 3.47. The quantitative estimate of drug-likeness (QED) is 0.721. The summed E-state index contributed by atoms with van der Waals surface area (Å²) < 4.78 is 0.904. The van der Waals surface area contributed by atoms with E-state index in [1.165, 1.54) is 37.7 Å². The molecule has 132 valence electrons. The maximum Gasteiger partial charge on any atom is 0.255 e. The van der Waals surface area contributed by atoms with E-state index in [-0.39, 0.29) is 5.91 Å². The molecule has 0 spiro atoms. The van der Waals surface area contributed by atoms with E-state index in [4.69, 9.17) is 0 Å². The highest BCUT2D eigenvalue weighted by atomic mass is 79.9. The molecule has 2 aromatic rings. The van der Waals surface area contributed by atoms with Crippen LogP contribution in [0.5, 0.6) is 0 Å². The average Bonchev–Trinajstić information content (AvgIpc) is 2.64. The smallest absolute Gasteiger partial charge is 0.255 e. The van der Waals surface area contributed by atoms with Gasteiger partial charge < -0.3 is 5.32 Å². The minimum Gasteiger partial charge on any atom is -0.322 e. The molecule has 1 aliphatic carbocycles. The van der Waals surface area contributed by atoms with E-state index in [1.807, 2.05) is 36.4 Å². The van der Waals surface area contributed by atoms with Crippen LogP contribution in [-0.4, -0.2) is 23.9 Å². The number of halogens is 1. The van der Waals surface area contributed by atoms with Crippen LogP contribution in [-0.2, 0) is 6.54 Å². The van der Waals surface area contributed by atoms with E-state index in [2.05, 4.69) is 45.3 Å². The third kappa shape index (κ3) is 5.16. The van der Waals surface area contributed by atoms with Crippen LogP contribution >= 0.6 is 15.9 Å². The Morgan fingerprint density at radius 1 is 1.12 bits per heavy atom. The first-order chi connectivity index (χ1) is 12.1. The van der Waals surface area contributed by atoms with Crippen molar-refractivity contribution >= 4 is 27.5 Å². The molecule has 1 saturated carbocycles. The molecule has 0 bridgehead atoms. The summed E-state index contributed by atoms with van der Waals surface area (Å²) in [5.74, 6) is -0.0895. The highest BCUT2D eigenvalue weighted by Crippen LogP contribution is 2.23. The summed E-state index contributed by atoms with van der Waals surface area (Å²) in [7, 11) is 2.22. The minimum absolute atomic E-state index is 0.0895. The largest absolute Gasteiger partial charge is 0.322 e. The minimum atomic E-state index is -0.0895. The zero-order valence-corrected chi connectivity index (χ0v) is 16.3. The first-order valence-electron chi connectivity index (χ1n) is 8.98. The lowest BCUT2D eigenvalue weighted by Gasteiger charge is -2.31. The van der Waals surface area contributed by atoms with E-state index in [0.29, 0.717) is 11.6 Å². The molecule has 0 aromatic heterocycles. The van der Waals surface area contributed by atoms with Gasteiger partial charge in [0, 0.05) is 28.3 Å². The number of amides is 1. The molecule has 0 unspecified atom stereocenters. The third-order valence-electron chi connectivity index (χ3n) is 4.93. The second-order valence-corrected chi connectivity index (χ2v) is 7.78. The Kier molecular flexibility index (Phi) is 6.27. The summed E-state index contributed by atoms with van der Waals surface area (Å²) in [6.45, 7) is 0.963. The molecule has 25 heavy (non-hydrogen) atoms. The van der Waals surface area contributed by atoms with Gasteiger partial charge in [-0.05, 0) is 55.8 Å². The van der Waals surface area contributed by atoms with Crippen LogP contribution in [0, 0.1) is 0 Å². The maximum absolute atomic E-state index is 12.3. The van der Waals surface area contributed by atoms with Gasteiger partial charge in [-0.15, -0.1) is 0 Å². The topological polar surface area (TPSA) is 32.3 Å². The number of rotatable bonds is 5. The van der Waals surface area contributed by atoms with Crippen molar-refractivity contribution in [1.82, 2.24) is 4.90 Å². The number of benzene rings is 2. The van der Waals surface area contributed by atoms with Crippen molar-refractivity contribution in [1.29, 1.82) is 0 Å². The van der Waals surface area contributed by atoms with Crippen LogP contribution < -0.4 is 5.32 Å². The molecule has 1 aliphatic rings. The van der Waals surface area contributed by atoms with Crippen molar-refractivity contribution in [2.45, 2.75) is 44.7 Å². The van der Waals surface area contributed by atoms with Crippen LogP contribution in [0.1, 0.15) is 48.0 Å². The molecule has 3 rings (SSSR count). The summed E-state index contributed by atoms with van der Waals surface area (Å²) in [5, 5.41) is 2.96. The van der Waals surface area contributed by atoms with Crippen molar-refractivity contribution in [2.75, 3.05) is 12.4 Å². The van der Waals surface area contributed by atoms with Gasteiger partial charge in [-0.2, -0.15) is 0 Å². The summed E-state index contributed by atoms with van der Waals surface area (Å²) in [6.07, 6.45) is 6.73. The molecule has 2 aromatic carbocycles. The molecule has 0 heterocycles. The molecule has 4 heteroatoms. The Hall–Kier alpha value is -1.65. The maximum atomic E-state index is 12.3. The fraction of sp³-hybridized carbons (Fsp3) is 0.381. The van der Waals surface area contributed by atoms with Crippen LogP contribution in [0.3, 0.4) is 0 Å². The molecule has 0 radical (unpaired) electrons. The SMILES string of the molecule is CN(Cc1ccc(NC(=O)c2cccc(Br)c2)cc1)C1CCCCC1. The summed E-state index contributed by atoms with van der Waals surface area (Å²) in [5.41, 5.74) is 2.76. The van der Waals surface area contributed by atoms with Crippen molar-refractivity contribution in [3.63, 3.8) is 0 Å². The summed E-state index contributed by atoms with van der Waals surface area (Å²) in [6, 6.07) is 16.3. The number of nitrogens with one attached hydrogen (secondary N) is 1. The molecular formula is C21H25BrN2O. The van der Waals surface area contributed by atoms with Gasteiger partial charge in [0.25, 0.3) is 5.91 Å². The molecule has 0 saturated heterocycles. The lowest BCUT2D eigenvalue weighted by atomic mass is 9.94.